The first-order chi connectivity index (χ1) is 9.10. The molecule has 0 spiro atoms. The highest BCUT2D eigenvalue weighted by Crippen LogP contribution is 2.22. The lowest BCUT2D eigenvalue weighted by molar-refractivity contribution is 0.318. The van der Waals surface area contributed by atoms with Gasteiger partial charge in [-0.2, -0.15) is 0 Å². The van der Waals surface area contributed by atoms with E-state index in [0.29, 0.717) is 5.56 Å². The molecule has 2 rings (SSSR count). The lowest BCUT2D eigenvalue weighted by Crippen LogP contribution is -2.13. The molecular weight excluding hydrogens is 262 g/mol. The summed E-state index contributed by atoms with van der Waals surface area (Å²) in [6, 6.07) is 5.70. The fraction of sp³-hybridized carbons (Fsp3) is 0.250. The maximum Gasteiger partial charge on any atom is 0.208 e. The predicted octanol–water partition coefficient (Wildman–Crippen LogP) is 1.81. The molecule has 7 heteroatoms. The van der Waals surface area contributed by atoms with E-state index in [1.807, 2.05) is 32.0 Å². The minimum Gasteiger partial charge on any atom is -0.409 e. The summed E-state index contributed by atoms with van der Waals surface area (Å²) in [5, 5.41) is 19.2. The number of nitrogens with two attached hydrogens (primary N) is 1. The molecule has 0 saturated heterocycles. The van der Waals surface area contributed by atoms with E-state index in [9.17, 15) is 0 Å². The van der Waals surface area contributed by atoms with Crippen molar-refractivity contribution >= 4 is 17.6 Å². The first-order valence-electron chi connectivity index (χ1n) is 5.69. The van der Waals surface area contributed by atoms with Crippen LogP contribution in [0.1, 0.15) is 22.5 Å². The Hall–Kier alpha value is -2.02. The number of aromatic amines is 1. The number of thioether (sulfide) groups is 1. The van der Waals surface area contributed by atoms with Crippen LogP contribution >= 0.6 is 11.8 Å². The molecule has 0 aliphatic carbocycles. The molecule has 0 radical (unpaired) electrons. The predicted molar refractivity (Wildman–Crippen MR) is 74.4 cm³/mol. The summed E-state index contributed by atoms with van der Waals surface area (Å²) in [6.07, 6.45) is 0. The van der Waals surface area contributed by atoms with Crippen LogP contribution in [-0.4, -0.2) is 26.2 Å². The lowest BCUT2D eigenvalue weighted by Gasteiger charge is -2.06. The van der Waals surface area contributed by atoms with E-state index < -0.39 is 0 Å². The molecule has 100 valence electrons. The summed E-state index contributed by atoms with van der Waals surface area (Å²) in [4.78, 5) is 4.24. The van der Waals surface area contributed by atoms with Crippen LogP contribution in [0.15, 0.2) is 28.5 Å². The molecule has 0 fully saturated rings. The highest BCUT2D eigenvalue weighted by Gasteiger charge is 2.06. The van der Waals surface area contributed by atoms with Gasteiger partial charge in [0.05, 0.1) is 0 Å². The molecule has 2 aromatic rings. The van der Waals surface area contributed by atoms with Crippen molar-refractivity contribution in [3.05, 3.63) is 40.7 Å². The van der Waals surface area contributed by atoms with E-state index in [-0.39, 0.29) is 5.84 Å². The third-order valence-electron chi connectivity index (χ3n) is 2.68. The third-order valence-corrected chi connectivity index (χ3v) is 3.58. The van der Waals surface area contributed by atoms with Crippen molar-refractivity contribution in [1.82, 2.24) is 15.2 Å². The Morgan fingerprint density at radius 1 is 1.47 bits per heavy atom. The van der Waals surface area contributed by atoms with Gasteiger partial charge in [-0.05, 0) is 31.0 Å². The summed E-state index contributed by atoms with van der Waals surface area (Å²) < 4.78 is 0. The number of benzene rings is 1. The van der Waals surface area contributed by atoms with Gasteiger partial charge in [-0.1, -0.05) is 29.1 Å². The number of aromatic nitrogens is 3. The zero-order chi connectivity index (χ0) is 13.8. The van der Waals surface area contributed by atoms with Crippen molar-refractivity contribution in [2.24, 2.45) is 10.9 Å². The molecule has 1 aromatic carbocycles. The number of aryl methyl sites for hydroxylation is 2. The van der Waals surface area contributed by atoms with Gasteiger partial charge in [0.25, 0.3) is 0 Å². The Kier molecular flexibility index (Phi) is 4.06. The normalized spacial score (nSPS) is 11.8. The number of rotatable bonds is 4. The van der Waals surface area contributed by atoms with Crippen LogP contribution in [0.5, 0.6) is 0 Å². The van der Waals surface area contributed by atoms with Crippen LogP contribution in [0.2, 0.25) is 0 Å². The topological polar surface area (TPSA) is 100 Å². The third kappa shape index (κ3) is 3.25. The Morgan fingerprint density at radius 2 is 2.26 bits per heavy atom. The van der Waals surface area contributed by atoms with Crippen molar-refractivity contribution in [1.29, 1.82) is 0 Å². The molecule has 0 aliphatic heterocycles. The Labute approximate surface area is 115 Å². The Bertz CT molecular complexity index is 608. The number of hydrogen-bond acceptors (Lipinski definition) is 5. The second kappa shape index (κ2) is 5.75. The SMILES string of the molecule is Cc1nc(SCc2ccc(/C(N)=N/O)cc2C)n[nH]1. The zero-order valence-corrected chi connectivity index (χ0v) is 11.5. The standard InChI is InChI=1S/C12H15N5OS/c1-7-5-9(11(13)17-18)3-4-10(7)6-19-12-14-8(2)15-16-12/h3-5,18H,6H2,1-2H3,(H2,13,17)(H,14,15,16). The first-order valence-corrected chi connectivity index (χ1v) is 6.68. The summed E-state index contributed by atoms with van der Waals surface area (Å²) in [5.74, 6) is 1.70. The molecular formula is C12H15N5OS. The van der Waals surface area contributed by atoms with Crippen LogP contribution in [0, 0.1) is 13.8 Å². The average molecular weight is 277 g/mol. The maximum atomic E-state index is 8.64. The van der Waals surface area contributed by atoms with Gasteiger partial charge in [0.2, 0.25) is 5.16 Å². The molecule has 1 aromatic heterocycles. The number of amidine groups is 1. The van der Waals surface area contributed by atoms with E-state index in [1.165, 1.54) is 5.56 Å². The van der Waals surface area contributed by atoms with E-state index in [4.69, 9.17) is 10.9 Å². The number of nitrogens with one attached hydrogen (secondary N) is 1. The van der Waals surface area contributed by atoms with Gasteiger partial charge in [-0.3, -0.25) is 5.10 Å². The van der Waals surface area contributed by atoms with E-state index >= 15 is 0 Å². The molecule has 0 unspecified atom stereocenters. The minimum absolute atomic E-state index is 0.117. The Morgan fingerprint density at radius 3 is 2.84 bits per heavy atom. The molecule has 1 heterocycles. The Balaban J connectivity index is 2.09. The average Bonchev–Trinajstić information content (AvgIpc) is 2.82. The van der Waals surface area contributed by atoms with Crippen LogP contribution in [0.4, 0.5) is 0 Å². The van der Waals surface area contributed by atoms with Crippen LogP contribution < -0.4 is 5.73 Å². The van der Waals surface area contributed by atoms with Gasteiger partial charge in [0.1, 0.15) is 5.82 Å². The van der Waals surface area contributed by atoms with Gasteiger partial charge in [-0.25, -0.2) is 4.98 Å². The molecule has 19 heavy (non-hydrogen) atoms. The van der Waals surface area contributed by atoms with Crippen molar-refractivity contribution < 1.29 is 5.21 Å². The highest BCUT2D eigenvalue weighted by molar-refractivity contribution is 7.98. The summed E-state index contributed by atoms with van der Waals surface area (Å²) in [5.41, 5.74) is 8.52. The van der Waals surface area contributed by atoms with Crippen LogP contribution in [0.3, 0.4) is 0 Å². The number of H-pyrrole nitrogens is 1. The van der Waals surface area contributed by atoms with Crippen LogP contribution in [0.25, 0.3) is 0 Å². The zero-order valence-electron chi connectivity index (χ0n) is 10.7. The molecule has 0 amide bonds. The molecule has 6 nitrogen and oxygen atoms in total. The number of oxime groups is 1. The van der Waals surface area contributed by atoms with E-state index in [1.54, 1.807) is 11.8 Å². The van der Waals surface area contributed by atoms with Gasteiger partial charge in [-0.15, -0.1) is 5.10 Å². The van der Waals surface area contributed by atoms with E-state index in [0.717, 1.165) is 22.3 Å². The van der Waals surface area contributed by atoms with Gasteiger partial charge < -0.3 is 10.9 Å². The monoisotopic (exact) mass is 277 g/mol. The lowest BCUT2D eigenvalue weighted by atomic mass is 10.1. The van der Waals surface area contributed by atoms with Crippen molar-refractivity contribution in [3.63, 3.8) is 0 Å². The maximum absolute atomic E-state index is 8.64. The number of nitrogens with zero attached hydrogens (tertiary/aromatic N) is 3. The van der Waals surface area contributed by atoms with Crippen LogP contribution in [-0.2, 0) is 5.75 Å². The summed E-state index contributed by atoms with van der Waals surface area (Å²) in [7, 11) is 0. The minimum atomic E-state index is 0.117. The smallest absolute Gasteiger partial charge is 0.208 e. The van der Waals surface area contributed by atoms with Crippen molar-refractivity contribution in [3.8, 4) is 0 Å². The number of hydrogen-bond donors (Lipinski definition) is 3. The molecule has 0 bridgehead atoms. The fourth-order valence-corrected chi connectivity index (χ4v) is 2.52. The fourth-order valence-electron chi connectivity index (χ4n) is 1.60. The quantitative estimate of drug-likeness (QED) is 0.260. The van der Waals surface area contributed by atoms with Gasteiger partial charge in [0, 0.05) is 11.3 Å². The van der Waals surface area contributed by atoms with E-state index in [2.05, 4.69) is 20.3 Å². The molecule has 0 aliphatic rings. The summed E-state index contributed by atoms with van der Waals surface area (Å²) in [6.45, 7) is 3.86. The second-order valence-electron chi connectivity index (χ2n) is 4.12. The van der Waals surface area contributed by atoms with Gasteiger partial charge in [0.15, 0.2) is 5.84 Å². The second-order valence-corrected chi connectivity index (χ2v) is 5.06. The van der Waals surface area contributed by atoms with Crippen molar-refractivity contribution in [2.45, 2.75) is 24.8 Å². The highest BCUT2D eigenvalue weighted by atomic mass is 32.2. The summed E-state index contributed by atoms with van der Waals surface area (Å²) >= 11 is 1.56. The largest absolute Gasteiger partial charge is 0.409 e. The molecule has 0 atom stereocenters. The molecule has 4 N–H and O–H groups in total. The van der Waals surface area contributed by atoms with Crippen molar-refractivity contribution in [2.75, 3.05) is 0 Å². The van der Waals surface area contributed by atoms with Gasteiger partial charge >= 0.3 is 0 Å². The molecule has 0 saturated carbocycles. The first kappa shape index (κ1) is 13.4.